The molecule has 1 aromatic heterocycles. The summed E-state index contributed by atoms with van der Waals surface area (Å²) in [6, 6.07) is 10.4. The van der Waals surface area contributed by atoms with Crippen LogP contribution in [0, 0.1) is 19.8 Å². The zero-order valence-corrected chi connectivity index (χ0v) is 17.0. The number of nitrogens with one attached hydrogen (secondary N) is 1. The average molecular weight is 367 g/mol. The Morgan fingerprint density at radius 2 is 1.96 bits per heavy atom. The molecule has 1 aliphatic rings. The Bertz CT molecular complexity index is 837. The Morgan fingerprint density at radius 1 is 1.26 bits per heavy atom. The van der Waals surface area contributed by atoms with Gasteiger partial charge in [0, 0.05) is 50.8 Å². The van der Waals surface area contributed by atoms with E-state index in [2.05, 4.69) is 54.6 Å². The molecule has 2 aromatic rings. The van der Waals surface area contributed by atoms with E-state index < -0.39 is 0 Å². The van der Waals surface area contributed by atoms with Crippen LogP contribution < -0.4 is 5.32 Å². The number of aromatic nitrogens is 2. The van der Waals surface area contributed by atoms with Gasteiger partial charge in [-0.2, -0.15) is 5.10 Å². The van der Waals surface area contributed by atoms with Crippen molar-refractivity contribution in [2.45, 2.75) is 33.2 Å². The second-order valence-corrected chi connectivity index (χ2v) is 7.65. The van der Waals surface area contributed by atoms with Crippen LogP contribution in [0.25, 0.3) is 6.08 Å². The van der Waals surface area contributed by atoms with Crippen molar-refractivity contribution in [3.63, 3.8) is 0 Å². The van der Waals surface area contributed by atoms with Crippen LogP contribution in [-0.2, 0) is 11.8 Å². The van der Waals surface area contributed by atoms with Crippen LogP contribution in [0.2, 0.25) is 0 Å². The van der Waals surface area contributed by atoms with E-state index in [4.69, 9.17) is 0 Å². The maximum Gasteiger partial charge on any atom is 0.223 e. The summed E-state index contributed by atoms with van der Waals surface area (Å²) >= 11 is 0. The topological polar surface area (TPSA) is 50.2 Å². The third-order valence-electron chi connectivity index (χ3n) is 5.58. The summed E-state index contributed by atoms with van der Waals surface area (Å²) in [4.78, 5) is 14.3. The van der Waals surface area contributed by atoms with E-state index in [1.54, 1.807) is 0 Å². The maximum absolute atomic E-state index is 12.4. The molecule has 0 radical (unpaired) electrons. The number of carbonyl (C=O) groups is 1. The summed E-state index contributed by atoms with van der Waals surface area (Å²) in [6.45, 7) is 7.90. The number of hydrogen-bond acceptors (Lipinski definition) is 3. The Labute approximate surface area is 162 Å². The molecular formula is C22H30N4O. The van der Waals surface area contributed by atoms with Crippen LogP contribution in [0.1, 0.15) is 41.9 Å². The van der Waals surface area contributed by atoms with Gasteiger partial charge in [0.1, 0.15) is 0 Å². The molecule has 5 heteroatoms. The largest absolute Gasteiger partial charge is 0.338 e. The van der Waals surface area contributed by atoms with Gasteiger partial charge in [-0.1, -0.05) is 42.0 Å². The van der Waals surface area contributed by atoms with E-state index in [1.165, 1.54) is 16.7 Å². The quantitative estimate of drug-likeness (QED) is 0.854. The number of hydrogen-bond donors (Lipinski definition) is 1. The zero-order chi connectivity index (χ0) is 19.6. The SMILES string of the molecule is C/C(=C\c1ccccc1)CNC[C@@H]1CC(=O)N(C)[C@H]1c1c(C)nn(C)c1C. The highest BCUT2D eigenvalue weighted by Crippen LogP contribution is 2.39. The van der Waals surface area contributed by atoms with Crippen molar-refractivity contribution in [3.05, 3.63) is 58.4 Å². The minimum absolute atomic E-state index is 0.0945. The molecule has 3 rings (SSSR count). The summed E-state index contributed by atoms with van der Waals surface area (Å²) in [5.41, 5.74) is 5.86. The first-order chi connectivity index (χ1) is 12.9. The fourth-order valence-corrected chi connectivity index (χ4v) is 4.12. The van der Waals surface area contributed by atoms with Gasteiger partial charge in [0.05, 0.1) is 11.7 Å². The van der Waals surface area contributed by atoms with Gasteiger partial charge < -0.3 is 10.2 Å². The van der Waals surface area contributed by atoms with Gasteiger partial charge in [-0.25, -0.2) is 0 Å². The van der Waals surface area contributed by atoms with E-state index in [0.29, 0.717) is 6.42 Å². The van der Waals surface area contributed by atoms with Crippen molar-refractivity contribution in [1.29, 1.82) is 0 Å². The van der Waals surface area contributed by atoms with E-state index in [0.717, 1.165) is 24.5 Å². The molecule has 0 unspecified atom stereocenters. The third-order valence-corrected chi connectivity index (χ3v) is 5.58. The maximum atomic E-state index is 12.4. The van der Waals surface area contributed by atoms with Gasteiger partial charge >= 0.3 is 0 Å². The molecular weight excluding hydrogens is 336 g/mol. The third kappa shape index (κ3) is 4.14. The highest BCUT2D eigenvalue weighted by Gasteiger charge is 2.40. The summed E-state index contributed by atoms with van der Waals surface area (Å²) in [5.74, 6) is 0.472. The number of aryl methyl sites for hydroxylation is 2. The fraction of sp³-hybridized carbons (Fsp3) is 0.455. The van der Waals surface area contributed by atoms with Crippen LogP contribution in [0.15, 0.2) is 35.9 Å². The van der Waals surface area contributed by atoms with E-state index in [-0.39, 0.29) is 17.9 Å². The van der Waals surface area contributed by atoms with Crippen molar-refractivity contribution in [2.24, 2.45) is 13.0 Å². The molecule has 1 amide bonds. The Morgan fingerprint density at radius 3 is 2.59 bits per heavy atom. The lowest BCUT2D eigenvalue weighted by Crippen LogP contribution is -2.30. The fourth-order valence-electron chi connectivity index (χ4n) is 4.12. The van der Waals surface area contributed by atoms with E-state index >= 15 is 0 Å². The molecule has 5 nitrogen and oxygen atoms in total. The second-order valence-electron chi connectivity index (χ2n) is 7.65. The molecule has 0 spiro atoms. The molecule has 2 heterocycles. The summed E-state index contributed by atoms with van der Waals surface area (Å²) in [6.07, 6.45) is 2.79. The highest BCUT2D eigenvalue weighted by atomic mass is 16.2. The molecule has 1 saturated heterocycles. The summed E-state index contributed by atoms with van der Waals surface area (Å²) < 4.78 is 1.92. The number of amides is 1. The second kappa shape index (κ2) is 8.09. The molecule has 1 fully saturated rings. The van der Waals surface area contributed by atoms with Crippen molar-refractivity contribution >= 4 is 12.0 Å². The standard InChI is InChI=1S/C22H30N4O/c1-15(11-18-9-7-6-8-10-18)13-23-14-19-12-20(27)25(4)22(19)21-16(2)24-26(5)17(21)3/h6-11,19,22-23H,12-14H2,1-5H3/b15-11+/t19-,22+/m0/s1. The molecule has 1 aromatic carbocycles. The molecule has 1 N–H and O–H groups in total. The van der Waals surface area contributed by atoms with Crippen molar-refractivity contribution in [2.75, 3.05) is 20.1 Å². The smallest absolute Gasteiger partial charge is 0.223 e. The Hall–Kier alpha value is -2.40. The van der Waals surface area contributed by atoms with Crippen LogP contribution in [0.4, 0.5) is 0 Å². The summed E-state index contributed by atoms with van der Waals surface area (Å²) in [5, 5.41) is 8.11. The first-order valence-electron chi connectivity index (χ1n) is 9.57. The zero-order valence-electron chi connectivity index (χ0n) is 17.0. The van der Waals surface area contributed by atoms with Crippen molar-refractivity contribution in [3.8, 4) is 0 Å². The Kier molecular flexibility index (Phi) is 5.80. The van der Waals surface area contributed by atoms with Gasteiger partial charge in [-0.05, 0) is 26.3 Å². The number of nitrogens with zero attached hydrogens (tertiary/aromatic N) is 3. The van der Waals surface area contributed by atoms with Gasteiger partial charge in [0.15, 0.2) is 0 Å². The molecule has 0 saturated carbocycles. The average Bonchev–Trinajstić information content (AvgIpc) is 3.04. The predicted molar refractivity (Wildman–Crippen MR) is 109 cm³/mol. The van der Waals surface area contributed by atoms with Crippen LogP contribution in [0.3, 0.4) is 0 Å². The lowest BCUT2D eigenvalue weighted by Gasteiger charge is -2.26. The predicted octanol–water partition coefficient (Wildman–Crippen LogP) is 3.25. The number of likely N-dealkylation sites (tertiary alicyclic amines) is 1. The Balaban J connectivity index is 1.68. The highest BCUT2D eigenvalue weighted by molar-refractivity contribution is 5.79. The first kappa shape index (κ1) is 19.4. The lowest BCUT2D eigenvalue weighted by molar-refractivity contribution is -0.127. The molecule has 2 atom stereocenters. The van der Waals surface area contributed by atoms with E-state index in [9.17, 15) is 4.79 Å². The van der Waals surface area contributed by atoms with Crippen LogP contribution >= 0.6 is 0 Å². The van der Waals surface area contributed by atoms with Gasteiger partial charge in [-0.15, -0.1) is 0 Å². The molecule has 0 aliphatic carbocycles. The minimum Gasteiger partial charge on any atom is -0.338 e. The molecule has 0 bridgehead atoms. The summed E-state index contributed by atoms with van der Waals surface area (Å²) in [7, 11) is 3.88. The number of carbonyl (C=O) groups excluding carboxylic acids is 1. The van der Waals surface area contributed by atoms with Crippen LogP contribution in [0.5, 0.6) is 0 Å². The normalized spacial score (nSPS) is 20.6. The molecule has 144 valence electrons. The van der Waals surface area contributed by atoms with Crippen molar-refractivity contribution < 1.29 is 4.79 Å². The monoisotopic (exact) mass is 366 g/mol. The van der Waals surface area contributed by atoms with Gasteiger partial charge in [-0.3, -0.25) is 9.48 Å². The van der Waals surface area contributed by atoms with Gasteiger partial charge in [0.2, 0.25) is 5.91 Å². The first-order valence-corrected chi connectivity index (χ1v) is 9.57. The van der Waals surface area contributed by atoms with Crippen LogP contribution in [-0.4, -0.2) is 40.7 Å². The number of benzene rings is 1. The lowest BCUT2D eigenvalue weighted by atomic mass is 9.92. The number of rotatable bonds is 6. The van der Waals surface area contributed by atoms with Gasteiger partial charge in [0.25, 0.3) is 0 Å². The minimum atomic E-state index is 0.0945. The molecule has 27 heavy (non-hydrogen) atoms. The van der Waals surface area contributed by atoms with Crippen molar-refractivity contribution in [1.82, 2.24) is 20.0 Å². The van der Waals surface area contributed by atoms with E-state index in [1.807, 2.05) is 36.7 Å². The molecule has 1 aliphatic heterocycles.